The number of halogens is 1. The van der Waals surface area contributed by atoms with Crippen LogP contribution in [0.5, 0.6) is 5.75 Å². The Balaban J connectivity index is 2.02. The SMILES string of the molecule is Cn1c(C(=O)c2cccc(Cl)c2)cc2c1CC(=O)O2. The summed E-state index contributed by atoms with van der Waals surface area (Å²) >= 11 is 5.88. The number of hydrogen-bond donors (Lipinski definition) is 0. The molecule has 4 nitrogen and oxygen atoms in total. The largest absolute Gasteiger partial charge is 0.424 e. The predicted molar refractivity (Wildman–Crippen MR) is 69.6 cm³/mol. The third-order valence-corrected chi connectivity index (χ3v) is 3.41. The zero-order valence-electron chi connectivity index (χ0n) is 10.1. The standard InChI is InChI=1S/C14H10ClNO3/c1-16-10-7-13(17)19-12(10)6-11(16)14(18)8-3-2-4-9(15)5-8/h2-6H,7H2,1H3. The van der Waals surface area contributed by atoms with Gasteiger partial charge < -0.3 is 9.30 Å². The third-order valence-electron chi connectivity index (χ3n) is 3.17. The Labute approximate surface area is 114 Å². The van der Waals surface area contributed by atoms with Crippen molar-refractivity contribution in [2.75, 3.05) is 0 Å². The number of rotatable bonds is 2. The molecule has 19 heavy (non-hydrogen) atoms. The van der Waals surface area contributed by atoms with Crippen LogP contribution in [0.25, 0.3) is 0 Å². The van der Waals surface area contributed by atoms with Gasteiger partial charge in [0.15, 0.2) is 5.75 Å². The quantitative estimate of drug-likeness (QED) is 0.624. The van der Waals surface area contributed by atoms with Crippen molar-refractivity contribution < 1.29 is 14.3 Å². The number of ketones is 1. The van der Waals surface area contributed by atoms with Crippen LogP contribution in [0.2, 0.25) is 5.02 Å². The fourth-order valence-electron chi connectivity index (χ4n) is 2.20. The first-order valence-electron chi connectivity index (χ1n) is 5.76. The summed E-state index contributed by atoms with van der Waals surface area (Å²) in [5, 5.41) is 0.513. The average Bonchev–Trinajstić information content (AvgIpc) is 2.87. The summed E-state index contributed by atoms with van der Waals surface area (Å²) in [5.41, 5.74) is 1.73. The fraction of sp³-hybridized carbons (Fsp3) is 0.143. The van der Waals surface area contributed by atoms with Gasteiger partial charge in [-0.2, -0.15) is 0 Å². The lowest BCUT2D eigenvalue weighted by atomic mass is 10.1. The van der Waals surface area contributed by atoms with Crippen LogP contribution >= 0.6 is 11.6 Å². The first-order chi connectivity index (χ1) is 9.06. The van der Waals surface area contributed by atoms with Crippen LogP contribution < -0.4 is 4.74 Å². The molecule has 1 aliphatic rings. The highest BCUT2D eigenvalue weighted by Gasteiger charge is 2.28. The van der Waals surface area contributed by atoms with Crippen LogP contribution in [-0.2, 0) is 18.3 Å². The minimum atomic E-state index is -0.289. The molecule has 0 bridgehead atoms. The number of esters is 1. The van der Waals surface area contributed by atoms with E-state index in [4.69, 9.17) is 16.3 Å². The van der Waals surface area contributed by atoms with E-state index in [9.17, 15) is 9.59 Å². The summed E-state index contributed by atoms with van der Waals surface area (Å²) in [6.07, 6.45) is 0.203. The maximum Gasteiger partial charge on any atom is 0.317 e. The van der Waals surface area contributed by atoms with Crippen LogP contribution in [-0.4, -0.2) is 16.3 Å². The number of carbonyl (C=O) groups excluding carboxylic acids is 2. The van der Waals surface area contributed by atoms with Crippen LogP contribution in [0.4, 0.5) is 0 Å². The highest BCUT2D eigenvalue weighted by atomic mass is 35.5. The second-order valence-corrected chi connectivity index (χ2v) is 4.83. The second kappa shape index (κ2) is 4.24. The number of hydrogen-bond acceptors (Lipinski definition) is 3. The number of carbonyl (C=O) groups is 2. The molecule has 5 heteroatoms. The Morgan fingerprint density at radius 3 is 2.84 bits per heavy atom. The third kappa shape index (κ3) is 1.94. The highest BCUT2D eigenvalue weighted by Crippen LogP contribution is 2.30. The van der Waals surface area contributed by atoms with Crippen molar-refractivity contribution in [1.82, 2.24) is 4.57 Å². The summed E-state index contributed by atoms with van der Waals surface area (Å²) in [7, 11) is 1.75. The summed E-state index contributed by atoms with van der Waals surface area (Å²) in [5.74, 6) is 0.0377. The zero-order valence-corrected chi connectivity index (χ0v) is 10.9. The van der Waals surface area contributed by atoms with E-state index in [1.807, 2.05) is 0 Å². The molecule has 1 aromatic carbocycles. The van der Waals surface area contributed by atoms with E-state index in [2.05, 4.69) is 0 Å². The smallest absolute Gasteiger partial charge is 0.317 e. The van der Waals surface area contributed by atoms with Crippen molar-refractivity contribution in [1.29, 1.82) is 0 Å². The molecule has 2 heterocycles. The lowest BCUT2D eigenvalue weighted by Gasteiger charge is -2.05. The van der Waals surface area contributed by atoms with Gasteiger partial charge in [-0.15, -0.1) is 0 Å². The first kappa shape index (κ1) is 12.0. The monoisotopic (exact) mass is 275 g/mol. The lowest BCUT2D eigenvalue weighted by molar-refractivity contribution is -0.131. The van der Waals surface area contributed by atoms with Crippen LogP contribution in [0.1, 0.15) is 21.7 Å². The predicted octanol–water partition coefficient (Wildman–Crippen LogP) is 2.37. The summed E-state index contributed by atoms with van der Waals surface area (Å²) in [4.78, 5) is 23.6. The molecule has 3 rings (SSSR count). The van der Waals surface area contributed by atoms with E-state index >= 15 is 0 Å². The maximum atomic E-state index is 12.4. The Kier molecular flexibility index (Phi) is 2.68. The normalized spacial score (nSPS) is 13.3. The van der Waals surface area contributed by atoms with Crippen molar-refractivity contribution in [2.24, 2.45) is 7.05 Å². The molecule has 0 fully saturated rings. The molecule has 0 N–H and O–H groups in total. The fourth-order valence-corrected chi connectivity index (χ4v) is 2.39. The molecule has 1 aliphatic heterocycles. The minimum absolute atomic E-state index is 0.143. The molecule has 1 aromatic heterocycles. The van der Waals surface area contributed by atoms with Gasteiger partial charge >= 0.3 is 5.97 Å². The van der Waals surface area contributed by atoms with E-state index in [0.29, 0.717) is 22.0 Å². The molecular weight excluding hydrogens is 266 g/mol. The molecule has 0 spiro atoms. The Morgan fingerprint density at radius 2 is 2.16 bits per heavy atom. The first-order valence-corrected chi connectivity index (χ1v) is 6.13. The van der Waals surface area contributed by atoms with E-state index in [-0.39, 0.29) is 18.2 Å². The van der Waals surface area contributed by atoms with Crippen molar-refractivity contribution in [3.05, 3.63) is 52.3 Å². The Morgan fingerprint density at radius 1 is 1.37 bits per heavy atom. The minimum Gasteiger partial charge on any atom is -0.424 e. The average molecular weight is 276 g/mol. The van der Waals surface area contributed by atoms with Crippen molar-refractivity contribution in [3.8, 4) is 5.75 Å². The molecular formula is C14H10ClNO3. The summed E-state index contributed by atoms with van der Waals surface area (Å²) in [6.45, 7) is 0. The molecule has 2 aromatic rings. The Hall–Kier alpha value is -2.07. The zero-order chi connectivity index (χ0) is 13.6. The Bertz CT molecular complexity index is 703. The van der Waals surface area contributed by atoms with Gasteiger partial charge in [0.2, 0.25) is 5.78 Å². The van der Waals surface area contributed by atoms with Gasteiger partial charge in [0.05, 0.1) is 17.8 Å². The molecule has 0 unspecified atom stereocenters. The van der Waals surface area contributed by atoms with Crippen molar-refractivity contribution >= 4 is 23.4 Å². The molecule has 0 saturated carbocycles. The number of nitrogens with zero attached hydrogens (tertiary/aromatic N) is 1. The number of aromatic nitrogens is 1. The van der Waals surface area contributed by atoms with Crippen LogP contribution in [0.15, 0.2) is 30.3 Å². The topological polar surface area (TPSA) is 48.3 Å². The molecule has 0 radical (unpaired) electrons. The lowest BCUT2D eigenvalue weighted by Crippen LogP contribution is -2.11. The maximum absolute atomic E-state index is 12.4. The summed E-state index contributed by atoms with van der Waals surface area (Å²) in [6, 6.07) is 8.37. The van der Waals surface area contributed by atoms with Gasteiger partial charge in [-0.3, -0.25) is 9.59 Å². The van der Waals surface area contributed by atoms with Crippen LogP contribution in [0, 0.1) is 0 Å². The van der Waals surface area contributed by atoms with Gasteiger partial charge in [0.1, 0.15) is 0 Å². The van der Waals surface area contributed by atoms with Gasteiger partial charge in [-0.1, -0.05) is 23.7 Å². The summed E-state index contributed by atoms with van der Waals surface area (Å²) < 4.78 is 6.74. The van der Waals surface area contributed by atoms with Crippen molar-refractivity contribution in [3.63, 3.8) is 0 Å². The van der Waals surface area contributed by atoms with E-state index in [1.54, 1.807) is 41.9 Å². The van der Waals surface area contributed by atoms with E-state index in [1.165, 1.54) is 0 Å². The van der Waals surface area contributed by atoms with E-state index in [0.717, 1.165) is 5.69 Å². The molecule has 0 atom stereocenters. The molecule has 0 amide bonds. The number of ether oxygens (including phenoxy) is 1. The second-order valence-electron chi connectivity index (χ2n) is 4.39. The highest BCUT2D eigenvalue weighted by molar-refractivity contribution is 6.31. The van der Waals surface area contributed by atoms with Crippen molar-refractivity contribution in [2.45, 2.75) is 6.42 Å². The molecule has 0 aliphatic carbocycles. The van der Waals surface area contributed by atoms with Crippen LogP contribution in [0.3, 0.4) is 0 Å². The van der Waals surface area contributed by atoms with Gasteiger partial charge in [-0.25, -0.2) is 0 Å². The van der Waals surface area contributed by atoms with Gasteiger partial charge in [-0.05, 0) is 12.1 Å². The number of benzene rings is 1. The van der Waals surface area contributed by atoms with E-state index < -0.39 is 0 Å². The number of fused-ring (bicyclic) bond motifs is 1. The van der Waals surface area contributed by atoms with Gasteiger partial charge in [0.25, 0.3) is 0 Å². The van der Waals surface area contributed by atoms with Gasteiger partial charge in [0, 0.05) is 23.7 Å². The molecule has 96 valence electrons. The molecule has 0 saturated heterocycles.